The molecule has 1 aromatic heterocycles. The van der Waals surface area contributed by atoms with Crippen molar-refractivity contribution < 1.29 is 27.1 Å². The minimum atomic E-state index is -4.25. The molecule has 0 aliphatic heterocycles. The van der Waals surface area contributed by atoms with E-state index in [1.807, 2.05) is 0 Å². The van der Waals surface area contributed by atoms with Gasteiger partial charge in [0.2, 0.25) is 0 Å². The highest BCUT2D eigenvalue weighted by molar-refractivity contribution is 7.92. The van der Waals surface area contributed by atoms with Gasteiger partial charge in [0.15, 0.2) is 11.5 Å². The fourth-order valence-corrected chi connectivity index (χ4v) is 4.25. The SMILES string of the molecule is COc1ccc(S(=O)(=O)N(CC(=O)N/N=C\c2ccccn2)c2ccc(F)cc2)cc1OC. The molecule has 0 radical (unpaired) electrons. The average molecular weight is 472 g/mol. The zero-order valence-electron chi connectivity index (χ0n) is 17.8. The van der Waals surface area contributed by atoms with Crippen LogP contribution in [0.3, 0.4) is 0 Å². The molecule has 33 heavy (non-hydrogen) atoms. The van der Waals surface area contributed by atoms with E-state index in [-0.39, 0.29) is 16.3 Å². The first-order chi connectivity index (χ1) is 15.8. The number of pyridine rings is 1. The summed E-state index contributed by atoms with van der Waals surface area (Å²) < 4.78 is 51.5. The van der Waals surface area contributed by atoms with Gasteiger partial charge in [-0.1, -0.05) is 6.07 Å². The Morgan fingerprint density at radius 2 is 1.82 bits per heavy atom. The Morgan fingerprint density at radius 3 is 2.45 bits per heavy atom. The van der Waals surface area contributed by atoms with E-state index in [9.17, 15) is 17.6 Å². The van der Waals surface area contributed by atoms with Crippen molar-refractivity contribution in [3.63, 3.8) is 0 Å². The number of aromatic nitrogens is 1. The third kappa shape index (κ3) is 5.83. The number of methoxy groups -OCH3 is 2. The van der Waals surface area contributed by atoms with Gasteiger partial charge in [0, 0.05) is 12.3 Å². The van der Waals surface area contributed by atoms with E-state index in [1.165, 1.54) is 50.8 Å². The number of nitrogens with zero attached hydrogens (tertiary/aromatic N) is 3. The molecule has 1 amide bonds. The van der Waals surface area contributed by atoms with Crippen LogP contribution in [0.15, 0.2) is 76.9 Å². The van der Waals surface area contributed by atoms with Crippen molar-refractivity contribution in [2.24, 2.45) is 5.10 Å². The highest BCUT2D eigenvalue weighted by Crippen LogP contribution is 2.32. The maximum Gasteiger partial charge on any atom is 0.264 e. The number of hydrogen-bond acceptors (Lipinski definition) is 7. The lowest BCUT2D eigenvalue weighted by atomic mass is 10.3. The molecule has 3 rings (SSSR count). The minimum absolute atomic E-state index is 0.0926. The normalized spacial score (nSPS) is 11.2. The van der Waals surface area contributed by atoms with E-state index in [1.54, 1.807) is 24.4 Å². The average Bonchev–Trinajstić information content (AvgIpc) is 2.83. The summed E-state index contributed by atoms with van der Waals surface area (Å²) in [5.41, 5.74) is 2.87. The molecular weight excluding hydrogens is 451 g/mol. The van der Waals surface area contributed by atoms with Crippen molar-refractivity contribution >= 4 is 27.8 Å². The number of hydrazone groups is 1. The van der Waals surface area contributed by atoms with Gasteiger partial charge in [0.25, 0.3) is 15.9 Å². The van der Waals surface area contributed by atoms with Crippen LogP contribution in [-0.4, -0.2) is 46.3 Å². The highest BCUT2D eigenvalue weighted by atomic mass is 32.2. The molecule has 11 heteroatoms. The fourth-order valence-electron chi connectivity index (χ4n) is 2.82. The number of amides is 1. The quantitative estimate of drug-likeness (QED) is 0.379. The Hall–Kier alpha value is -3.99. The second-order valence-electron chi connectivity index (χ2n) is 6.55. The van der Waals surface area contributed by atoms with Gasteiger partial charge < -0.3 is 9.47 Å². The second kappa shape index (κ2) is 10.6. The molecule has 0 bridgehead atoms. The second-order valence-corrected chi connectivity index (χ2v) is 8.41. The van der Waals surface area contributed by atoms with Crippen molar-refractivity contribution in [2.75, 3.05) is 25.1 Å². The number of carbonyl (C=O) groups is 1. The van der Waals surface area contributed by atoms with Gasteiger partial charge in [-0.25, -0.2) is 18.2 Å². The van der Waals surface area contributed by atoms with Crippen LogP contribution in [0, 0.1) is 5.82 Å². The van der Waals surface area contributed by atoms with Gasteiger partial charge in [-0.05, 0) is 48.5 Å². The van der Waals surface area contributed by atoms with Crippen LogP contribution in [0.5, 0.6) is 11.5 Å². The molecule has 9 nitrogen and oxygen atoms in total. The van der Waals surface area contributed by atoms with Crippen molar-refractivity contribution in [3.8, 4) is 11.5 Å². The number of hydrogen-bond donors (Lipinski definition) is 1. The Balaban J connectivity index is 1.90. The third-order valence-corrected chi connectivity index (χ3v) is 6.19. The van der Waals surface area contributed by atoms with Crippen LogP contribution in [-0.2, 0) is 14.8 Å². The van der Waals surface area contributed by atoms with E-state index in [0.717, 1.165) is 16.4 Å². The van der Waals surface area contributed by atoms with Crippen molar-refractivity contribution in [1.29, 1.82) is 0 Å². The molecule has 3 aromatic rings. The number of benzene rings is 2. The molecule has 0 saturated heterocycles. The summed E-state index contributed by atoms with van der Waals surface area (Å²) in [6, 6.07) is 13.9. The van der Waals surface area contributed by atoms with Gasteiger partial charge in [-0.15, -0.1) is 0 Å². The largest absolute Gasteiger partial charge is 0.493 e. The van der Waals surface area contributed by atoms with Gasteiger partial charge >= 0.3 is 0 Å². The first-order valence-corrected chi connectivity index (χ1v) is 11.0. The molecule has 0 aliphatic rings. The molecule has 1 N–H and O–H groups in total. The number of carbonyl (C=O) groups excluding carboxylic acids is 1. The molecule has 0 spiro atoms. The number of anilines is 1. The molecule has 1 heterocycles. The van der Waals surface area contributed by atoms with E-state index < -0.39 is 28.3 Å². The Bertz CT molecular complexity index is 1240. The molecule has 0 saturated carbocycles. The number of halogens is 1. The van der Waals surface area contributed by atoms with E-state index in [2.05, 4.69) is 15.5 Å². The molecule has 0 atom stereocenters. The topological polar surface area (TPSA) is 110 Å². The van der Waals surface area contributed by atoms with Gasteiger partial charge in [-0.3, -0.25) is 14.1 Å². The minimum Gasteiger partial charge on any atom is -0.493 e. The van der Waals surface area contributed by atoms with E-state index in [4.69, 9.17) is 9.47 Å². The van der Waals surface area contributed by atoms with Crippen LogP contribution < -0.4 is 19.2 Å². The summed E-state index contributed by atoms with van der Waals surface area (Å²) in [6.45, 7) is -0.609. The Kier molecular flexibility index (Phi) is 7.57. The molecular formula is C22H21FN4O5S. The van der Waals surface area contributed by atoms with E-state index in [0.29, 0.717) is 11.4 Å². The number of ether oxygens (including phenoxy) is 2. The molecule has 0 unspecified atom stereocenters. The molecule has 0 fully saturated rings. The lowest BCUT2D eigenvalue weighted by Crippen LogP contribution is -2.39. The first-order valence-electron chi connectivity index (χ1n) is 9.58. The number of sulfonamides is 1. The fraction of sp³-hybridized carbons (Fsp3) is 0.136. The first kappa shape index (κ1) is 23.7. The lowest BCUT2D eigenvalue weighted by molar-refractivity contribution is -0.119. The summed E-state index contributed by atoms with van der Waals surface area (Å²) in [5.74, 6) is -0.726. The Labute approximate surface area is 190 Å². The predicted molar refractivity (Wildman–Crippen MR) is 120 cm³/mol. The number of nitrogens with one attached hydrogen (secondary N) is 1. The van der Waals surface area contributed by atoms with Crippen LogP contribution in [0.1, 0.15) is 5.69 Å². The smallest absolute Gasteiger partial charge is 0.264 e. The summed E-state index contributed by atoms with van der Waals surface area (Å²) in [7, 11) is -1.45. The summed E-state index contributed by atoms with van der Waals surface area (Å²) in [4.78, 5) is 16.4. The van der Waals surface area contributed by atoms with Gasteiger partial charge in [0.05, 0.1) is 36.7 Å². The number of rotatable bonds is 9. The summed E-state index contributed by atoms with van der Waals surface area (Å²) >= 11 is 0. The monoisotopic (exact) mass is 472 g/mol. The highest BCUT2D eigenvalue weighted by Gasteiger charge is 2.28. The zero-order chi connectivity index (χ0) is 23.8. The van der Waals surface area contributed by atoms with Crippen LogP contribution in [0.25, 0.3) is 0 Å². The van der Waals surface area contributed by atoms with Crippen molar-refractivity contribution in [1.82, 2.24) is 10.4 Å². The van der Waals surface area contributed by atoms with Crippen molar-refractivity contribution in [3.05, 3.63) is 78.4 Å². The summed E-state index contributed by atoms with van der Waals surface area (Å²) in [6.07, 6.45) is 2.89. The lowest BCUT2D eigenvalue weighted by Gasteiger charge is -2.24. The van der Waals surface area contributed by atoms with Crippen LogP contribution >= 0.6 is 0 Å². The third-order valence-electron chi connectivity index (χ3n) is 4.42. The van der Waals surface area contributed by atoms with Crippen molar-refractivity contribution in [2.45, 2.75) is 4.90 Å². The predicted octanol–water partition coefficient (Wildman–Crippen LogP) is 2.58. The maximum absolute atomic E-state index is 13.4. The zero-order valence-corrected chi connectivity index (χ0v) is 18.6. The van der Waals surface area contributed by atoms with Gasteiger partial charge in [0.1, 0.15) is 12.4 Å². The van der Waals surface area contributed by atoms with E-state index >= 15 is 0 Å². The molecule has 0 aliphatic carbocycles. The maximum atomic E-state index is 13.4. The summed E-state index contributed by atoms with van der Waals surface area (Å²) in [5, 5.41) is 3.80. The standard InChI is InChI=1S/C22H21FN4O5S/c1-31-20-11-10-19(13-21(20)32-2)33(29,30)27(18-8-6-16(23)7-9-18)15-22(28)26-25-14-17-5-3-4-12-24-17/h3-14H,15H2,1-2H3,(H,26,28)/b25-14-. The molecule has 172 valence electrons. The Morgan fingerprint density at radius 1 is 1.09 bits per heavy atom. The molecule has 2 aromatic carbocycles. The van der Waals surface area contributed by atoms with Crippen LogP contribution in [0.2, 0.25) is 0 Å². The van der Waals surface area contributed by atoms with Gasteiger partial charge in [-0.2, -0.15) is 5.10 Å². The van der Waals surface area contributed by atoms with Crippen LogP contribution in [0.4, 0.5) is 10.1 Å².